The first-order valence-electron chi connectivity index (χ1n) is 6.98. The number of rotatable bonds is 4. The van der Waals surface area contributed by atoms with Gasteiger partial charge in [0, 0.05) is 12.1 Å². The van der Waals surface area contributed by atoms with E-state index in [0.29, 0.717) is 23.0 Å². The highest BCUT2D eigenvalue weighted by Gasteiger charge is 2.16. The van der Waals surface area contributed by atoms with Gasteiger partial charge in [-0.2, -0.15) is 5.26 Å². The van der Waals surface area contributed by atoms with Crippen LogP contribution in [0.2, 0.25) is 0 Å². The minimum Gasteiger partial charge on any atom is -0.497 e. The first kappa shape index (κ1) is 14.8. The van der Waals surface area contributed by atoms with Crippen molar-refractivity contribution in [2.75, 3.05) is 21.0 Å². The molecule has 0 radical (unpaired) electrons. The molecular weight excluding hydrogens is 294 g/mol. The summed E-state index contributed by atoms with van der Waals surface area (Å²) >= 11 is 0. The Morgan fingerprint density at radius 3 is 2.35 bits per heavy atom. The molecular formula is C18H15NO4. The van der Waals surface area contributed by atoms with Crippen LogP contribution < -0.4 is 18.9 Å². The molecule has 1 heterocycles. The first-order valence-corrected chi connectivity index (χ1v) is 6.98. The maximum Gasteiger partial charge on any atom is 0.231 e. The number of ether oxygens (including phenoxy) is 4. The van der Waals surface area contributed by atoms with E-state index >= 15 is 0 Å². The zero-order valence-corrected chi connectivity index (χ0v) is 12.8. The minimum absolute atomic E-state index is 0.211. The molecule has 0 bridgehead atoms. The van der Waals surface area contributed by atoms with Gasteiger partial charge in [0.1, 0.15) is 11.5 Å². The Morgan fingerprint density at radius 1 is 1.00 bits per heavy atom. The lowest BCUT2D eigenvalue weighted by molar-refractivity contribution is 0.174. The van der Waals surface area contributed by atoms with Gasteiger partial charge in [-0.15, -0.1) is 0 Å². The zero-order valence-electron chi connectivity index (χ0n) is 12.8. The molecule has 5 heteroatoms. The lowest BCUT2D eigenvalue weighted by atomic mass is 9.97. The number of methoxy groups -OCH3 is 2. The Labute approximate surface area is 134 Å². The van der Waals surface area contributed by atoms with Crippen LogP contribution in [0.15, 0.2) is 42.5 Å². The van der Waals surface area contributed by atoms with Crippen molar-refractivity contribution in [1.82, 2.24) is 0 Å². The van der Waals surface area contributed by atoms with Crippen molar-refractivity contribution >= 4 is 5.57 Å². The number of hydrogen-bond donors (Lipinski definition) is 0. The summed E-state index contributed by atoms with van der Waals surface area (Å²) in [6, 6.07) is 13.2. The van der Waals surface area contributed by atoms with E-state index in [1.807, 2.05) is 30.3 Å². The third kappa shape index (κ3) is 2.92. The van der Waals surface area contributed by atoms with Crippen LogP contribution in [0.25, 0.3) is 5.57 Å². The van der Waals surface area contributed by atoms with Crippen molar-refractivity contribution in [2.24, 2.45) is 0 Å². The number of fused-ring (bicyclic) bond motifs is 1. The van der Waals surface area contributed by atoms with Crippen molar-refractivity contribution in [2.45, 2.75) is 0 Å². The van der Waals surface area contributed by atoms with E-state index in [4.69, 9.17) is 24.2 Å². The van der Waals surface area contributed by atoms with Gasteiger partial charge in [0.15, 0.2) is 11.5 Å². The molecule has 2 aromatic rings. The number of nitrogens with zero attached hydrogens (tertiary/aromatic N) is 1. The minimum atomic E-state index is 0.211. The molecule has 0 aromatic heterocycles. The summed E-state index contributed by atoms with van der Waals surface area (Å²) in [6.07, 6.45) is 1.49. The van der Waals surface area contributed by atoms with Crippen molar-refractivity contribution < 1.29 is 18.9 Å². The van der Waals surface area contributed by atoms with Crippen LogP contribution in [-0.4, -0.2) is 21.0 Å². The molecule has 0 saturated heterocycles. The Morgan fingerprint density at radius 2 is 1.70 bits per heavy atom. The third-order valence-electron chi connectivity index (χ3n) is 3.55. The highest BCUT2D eigenvalue weighted by Crippen LogP contribution is 2.37. The summed E-state index contributed by atoms with van der Waals surface area (Å²) in [4.78, 5) is 0. The lowest BCUT2D eigenvalue weighted by Crippen LogP contribution is -1.93. The summed E-state index contributed by atoms with van der Waals surface area (Å²) in [7, 11) is 3.18. The van der Waals surface area contributed by atoms with Gasteiger partial charge in [-0.25, -0.2) is 0 Å². The second-order valence-electron chi connectivity index (χ2n) is 4.86. The highest BCUT2D eigenvalue weighted by atomic mass is 16.7. The maximum absolute atomic E-state index is 9.16. The monoisotopic (exact) mass is 309 g/mol. The quantitative estimate of drug-likeness (QED) is 0.810. The Balaban J connectivity index is 2.10. The average Bonchev–Trinajstić information content (AvgIpc) is 3.06. The second-order valence-corrected chi connectivity index (χ2v) is 4.86. The highest BCUT2D eigenvalue weighted by molar-refractivity contribution is 5.83. The molecule has 0 atom stereocenters. The molecule has 0 unspecified atom stereocenters. The Kier molecular flexibility index (Phi) is 4.07. The third-order valence-corrected chi connectivity index (χ3v) is 3.55. The van der Waals surface area contributed by atoms with Gasteiger partial charge in [-0.05, 0) is 41.0 Å². The summed E-state index contributed by atoms with van der Waals surface area (Å²) in [5.41, 5.74) is 2.43. The fourth-order valence-corrected chi connectivity index (χ4v) is 2.42. The SMILES string of the molecule is COc1cc(OC)cc(C(=CC#N)c2ccc3c(c2)OCO3)c1. The number of hydrogen-bond acceptors (Lipinski definition) is 5. The molecule has 1 aliphatic heterocycles. The predicted molar refractivity (Wildman–Crippen MR) is 84.8 cm³/mol. The molecule has 5 nitrogen and oxygen atoms in total. The Hall–Kier alpha value is -3.13. The van der Waals surface area contributed by atoms with Gasteiger partial charge in [-0.3, -0.25) is 0 Å². The van der Waals surface area contributed by atoms with E-state index in [-0.39, 0.29) is 6.79 Å². The largest absolute Gasteiger partial charge is 0.497 e. The maximum atomic E-state index is 9.16. The molecule has 0 saturated carbocycles. The topological polar surface area (TPSA) is 60.7 Å². The fraction of sp³-hybridized carbons (Fsp3) is 0.167. The fourth-order valence-electron chi connectivity index (χ4n) is 2.42. The van der Waals surface area contributed by atoms with E-state index in [1.165, 1.54) is 6.08 Å². The number of nitriles is 1. The van der Waals surface area contributed by atoms with Gasteiger partial charge in [-0.1, -0.05) is 6.07 Å². The van der Waals surface area contributed by atoms with E-state index in [1.54, 1.807) is 20.3 Å². The van der Waals surface area contributed by atoms with Crippen molar-refractivity contribution in [3.8, 4) is 29.1 Å². The van der Waals surface area contributed by atoms with E-state index in [2.05, 4.69) is 6.07 Å². The van der Waals surface area contributed by atoms with Crippen LogP contribution in [0, 0.1) is 11.3 Å². The predicted octanol–water partition coefficient (Wildman–Crippen LogP) is 3.39. The zero-order chi connectivity index (χ0) is 16.2. The van der Waals surface area contributed by atoms with E-state index in [0.717, 1.165) is 16.7 Å². The van der Waals surface area contributed by atoms with Crippen molar-refractivity contribution in [1.29, 1.82) is 5.26 Å². The second kappa shape index (κ2) is 6.32. The Bertz CT molecular complexity index is 783. The van der Waals surface area contributed by atoms with Crippen LogP contribution >= 0.6 is 0 Å². The van der Waals surface area contributed by atoms with E-state index in [9.17, 15) is 0 Å². The summed E-state index contributed by atoms with van der Waals surface area (Å²) in [6.45, 7) is 0.211. The number of allylic oxidation sites excluding steroid dienone is 1. The van der Waals surface area contributed by atoms with Crippen molar-refractivity contribution in [3.63, 3.8) is 0 Å². The molecule has 0 amide bonds. The van der Waals surface area contributed by atoms with Crippen molar-refractivity contribution in [3.05, 3.63) is 53.6 Å². The molecule has 23 heavy (non-hydrogen) atoms. The molecule has 116 valence electrons. The number of benzene rings is 2. The van der Waals surface area contributed by atoms with Crippen LogP contribution in [0.5, 0.6) is 23.0 Å². The molecule has 0 spiro atoms. The first-order chi connectivity index (χ1) is 11.2. The standard InChI is InChI=1S/C18H15NO4/c1-20-14-7-13(8-15(10-14)21-2)16(5-6-19)12-3-4-17-18(9-12)23-11-22-17/h3-5,7-10H,11H2,1-2H3. The lowest BCUT2D eigenvalue weighted by Gasteiger charge is -2.12. The summed E-state index contributed by atoms with van der Waals surface area (Å²) in [5, 5.41) is 9.16. The van der Waals surface area contributed by atoms with Crippen LogP contribution in [0.3, 0.4) is 0 Å². The smallest absolute Gasteiger partial charge is 0.231 e. The van der Waals surface area contributed by atoms with Gasteiger partial charge >= 0.3 is 0 Å². The summed E-state index contributed by atoms with van der Waals surface area (Å²) < 4.78 is 21.3. The molecule has 0 fully saturated rings. The molecule has 2 aromatic carbocycles. The molecule has 0 aliphatic carbocycles. The van der Waals surface area contributed by atoms with Crippen LogP contribution in [0.4, 0.5) is 0 Å². The molecule has 0 N–H and O–H groups in total. The van der Waals surface area contributed by atoms with Gasteiger partial charge in [0.2, 0.25) is 6.79 Å². The average molecular weight is 309 g/mol. The molecule has 3 rings (SSSR count). The van der Waals surface area contributed by atoms with Gasteiger partial charge < -0.3 is 18.9 Å². The van der Waals surface area contributed by atoms with Crippen LogP contribution in [-0.2, 0) is 0 Å². The van der Waals surface area contributed by atoms with Gasteiger partial charge in [0.25, 0.3) is 0 Å². The van der Waals surface area contributed by atoms with Gasteiger partial charge in [0.05, 0.1) is 20.3 Å². The molecule has 1 aliphatic rings. The van der Waals surface area contributed by atoms with Crippen LogP contribution in [0.1, 0.15) is 11.1 Å². The van der Waals surface area contributed by atoms with E-state index < -0.39 is 0 Å². The summed E-state index contributed by atoms with van der Waals surface area (Å²) in [5.74, 6) is 2.68. The normalized spacial score (nSPS) is 12.7.